The van der Waals surface area contributed by atoms with E-state index < -0.39 is 0 Å². The summed E-state index contributed by atoms with van der Waals surface area (Å²) in [6, 6.07) is 9.31. The smallest absolute Gasteiger partial charge is 0.141 e. The summed E-state index contributed by atoms with van der Waals surface area (Å²) in [6.07, 6.45) is 0. The number of furan rings is 1. The molecule has 1 aromatic carbocycles. The van der Waals surface area contributed by atoms with Crippen molar-refractivity contribution in [1.29, 1.82) is 0 Å². The van der Waals surface area contributed by atoms with E-state index in [4.69, 9.17) is 19.6 Å². The fraction of sp³-hybridized carbons (Fsp3) is 0.231. The fourth-order valence-corrected chi connectivity index (χ4v) is 1.72. The molecule has 2 aromatic rings. The second kappa shape index (κ2) is 4.93. The van der Waals surface area contributed by atoms with Gasteiger partial charge >= 0.3 is 0 Å². The molecule has 4 heteroatoms. The lowest BCUT2D eigenvalue weighted by molar-refractivity contribution is 0.393. The molecule has 1 heterocycles. The monoisotopic (exact) mass is 233 g/mol. The van der Waals surface area contributed by atoms with Gasteiger partial charge in [0.1, 0.15) is 28.6 Å². The summed E-state index contributed by atoms with van der Waals surface area (Å²) in [5.41, 5.74) is 6.33. The third-order valence-corrected chi connectivity index (χ3v) is 2.54. The zero-order chi connectivity index (χ0) is 12.3. The minimum atomic E-state index is 0.372. The van der Waals surface area contributed by atoms with Crippen LogP contribution in [0, 0.1) is 0 Å². The first-order valence-electron chi connectivity index (χ1n) is 5.30. The lowest BCUT2D eigenvalue weighted by atomic mass is 10.1. The number of rotatable bonds is 4. The molecule has 1 aromatic heterocycles. The van der Waals surface area contributed by atoms with E-state index in [0.29, 0.717) is 23.8 Å². The van der Waals surface area contributed by atoms with Gasteiger partial charge in [0.2, 0.25) is 0 Å². The molecular weight excluding hydrogens is 218 g/mol. The van der Waals surface area contributed by atoms with Crippen LogP contribution < -0.4 is 15.2 Å². The molecule has 0 atom stereocenters. The molecule has 2 rings (SSSR count). The molecule has 2 N–H and O–H groups in total. The molecule has 0 aliphatic rings. The zero-order valence-corrected chi connectivity index (χ0v) is 9.90. The van der Waals surface area contributed by atoms with Gasteiger partial charge in [-0.15, -0.1) is 0 Å². The Hall–Kier alpha value is -1.94. The molecule has 0 saturated heterocycles. The molecule has 0 unspecified atom stereocenters. The number of hydrogen-bond acceptors (Lipinski definition) is 4. The van der Waals surface area contributed by atoms with Gasteiger partial charge in [-0.1, -0.05) is 6.07 Å². The molecular formula is C13H15NO3. The molecule has 0 fully saturated rings. The standard InChI is InChI=1S/C13H15NO3/c1-15-10-4-3-5-11(16-2)13(10)12-7-6-9(8-14)17-12/h3-7H,8,14H2,1-2H3. The molecule has 90 valence electrons. The van der Waals surface area contributed by atoms with Gasteiger partial charge in [0, 0.05) is 0 Å². The number of hydrogen-bond donors (Lipinski definition) is 1. The van der Waals surface area contributed by atoms with Crippen molar-refractivity contribution in [2.75, 3.05) is 14.2 Å². The van der Waals surface area contributed by atoms with Crippen molar-refractivity contribution in [2.45, 2.75) is 6.54 Å². The Labute approximate surface area is 99.9 Å². The Kier molecular flexibility index (Phi) is 3.35. The van der Waals surface area contributed by atoms with Crippen molar-refractivity contribution in [3.63, 3.8) is 0 Å². The molecule has 0 radical (unpaired) electrons. The number of nitrogens with two attached hydrogens (primary N) is 1. The molecule has 0 amide bonds. The molecule has 0 aliphatic carbocycles. The van der Waals surface area contributed by atoms with E-state index in [9.17, 15) is 0 Å². The first-order chi connectivity index (χ1) is 8.30. The number of ether oxygens (including phenoxy) is 2. The molecule has 0 bridgehead atoms. The van der Waals surface area contributed by atoms with Gasteiger partial charge in [-0.3, -0.25) is 0 Å². The summed E-state index contributed by atoms with van der Waals surface area (Å²) in [5.74, 6) is 2.84. The molecule has 17 heavy (non-hydrogen) atoms. The second-order valence-electron chi connectivity index (χ2n) is 3.51. The van der Waals surface area contributed by atoms with Crippen molar-refractivity contribution in [3.05, 3.63) is 36.1 Å². The van der Waals surface area contributed by atoms with E-state index in [-0.39, 0.29) is 0 Å². The van der Waals surface area contributed by atoms with Gasteiger partial charge in [0.15, 0.2) is 0 Å². The molecule has 0 saturated carbocycles. The van der Waals surface area contributed by atoms with Crippen LogP contribution in [0.5, 0.6) is 11.5 Å². The maximum absolute atomic E-state index is 5.62. The highest BCUT2D eigenvalue weighted by molar-refractivity contribution is 5.73. The van der Waals surface area contributed by atoms with Crippen LogP contribution in [-0.4, -0.2) is 14.2 Å². The minimum absolute atomic E-state index is 0.372. The lowest BCUT2D eigenvalue weighted by Crippen LogP contribution is -1.93. The molecule has 0 spiro atoms. The average Bonchev–Trinajstić information content (AvgIpc) is 2.86. The third kappa shape index (κ3) is 2.12. The minimum Gasteiger partial charge on any atom is -0.496 e. The van der Waals surface area contributed by atoms with Crippen LogP contribution in [0.3, 0.4) is 0 Å². The van der Waals surface area contributed by atoms with Gasteiger partial charge in [0.25, 0.3) is 0 Å². The van der Waals surface area contributed by atoms with Gasteiger partial charge in [0.05, 0.1) is 20.8 Å². The highest BCUT2D eigenvalue weighted by Crippen LogP contribution is 2.38. The lowest BCUT2D eigenvalue weighted by Gasteiger charge is -2.10. The van der Waals surface area contributed by atoms with E-state index >= 15 is 0 Å². The van der Waals surface area contributed by atoms with Crippen LogP contribution >= 0.6 is 0 Å². The van der Waals surface area contributed by atoms with Gasteiger partial charge in [-0.05, 0) is 24.3 Å². The van der Waals surface area contributed by atoms with Crippen molar-refractivity contribution < 1.29 is 13.9 Å². The predicted octanol–water partition coefficient (Wildman–Crippen LogP) is 2.42. The number of methoxy groups -OCH3 is 2. The highest BCUT2D eigenvalue weighted by atomic mass is 16.5. The largest absolute Gasteiger partial charge is 0.496 e. The average molecular weight is 233 g/mol. The van der Waals surface area contributed by atoms with Crippen LogP contribution in [-0.2, 0) is 6.54 Å². The van der Waals surface area contributed by atoms with Crippen molar-refractivity contribution in [2.24, 2.45) is 5.73 Å². The Bertz CT molecular complexity index is 483. The highest BCUT2D eigenvalue weighted by Gasteiger charge is 2.15. The quantitative estimate of drug-likeness (QED) is 0.881. The first-order valence-corrected chi connectivity index (χ1v) is 5.30. The summed E-state index contributed by atoms with van der Waals surface area (Å²) in [4.78, 5) is 0. The molecule has 4 nitrogen and oxygen atoms in total. The Morgan fingerprint density at radius 2 is 1.71 bits per heavy atom. The zero-order valence-electron chi connectivity index (χ0n) is 9.90. The van der Waals surface area contributed by atoms with Gasteiger partial charge in [-0.2, -0.15) is 0 Å². The van der Waals surface area contributed by atoms with Gasteiger partial charge in [-0.25, -0.2) is 0 Å². The summed E-state index contributed by atoms with van der Waals surface area (Å²) < 4.78 is 16.2. The summed E-state index contributed by atoms with van der Waals surface area (Å²) in [6.45, 7) is 0.372. The Balaban J connectivity index is 2.55. The maximum Gasteiger partial charge on any atom is 0.141 e. The summed E-state index contributed by atoms with van der Waals surface area (Å²) in [7, 11) is 3.23. The van der Waals surface area contributed by atoms with E-state index in [0.717, 1.165) is 11.3 Å². The van der Waals surface area contributed by atoms with Crippen molar-refractivity contribution >= 4 is 0 Å². The summed E-state index contributed by atoms with van der Waals surface area (Å²) in [5, 5.41) is 0. The maximum atomic E-state index is 5.62. The first kappa shape index (κ1) is 11.5. The van der Waals surface area contributed by atoms with Crippen LogP contribution in [0.25, 0.3) is 11.3 Å². The molecule has 0 aliphatic heterocycles. The fourth-order valence-electron chi connectivity index (χ4n) is 1.72. The Morgan fingerprint density at radius 1 is 1.06 bits per heavy atom. The number of benzene rings is 1. The topological polar surface area (TPSA) is 57.6 Å². The van der Waals surface area contributed by atoms with Crippen molar-refractivity contribution in [1.82, 2.24) is 0 Å². The van der Waals surface area contributed by atoms with Crippen LogP contribution in [0.15, 0.2) is 34.7 Å². The Morgan fingerprint density at radius 3 is 2.18 bits per heavy atom. The third-order valence-electron chi connectivity index (χ3n) is 2.54. The van der Waals surface area contributed by atoms with E-state index in [1.165, 1.54) is 0 Å². The van der Waals surface area contributed by atoms with Crippen LogP contribution in [0.2, 0.25) is 0 Å². The second-order valence-corrected chi connectivity index (χ2v) is 3.51. The normalized spacial score (nSPS) is 10.3. The van der Waals surface area contributed by atoms with E-state index in [2.05, 4.69) is 0 Å². The van der Waals surface area contributed by atoms with E-state index in [1.807, 2.05) is 30.3 Å². The van der Waals surface area contributed by atoms with Crippen LogP contribution in [0.1, 0.15) is 5.76 Å². The summed E-state index contributed by atoms with van der Waals surface area (Å²) >= 11 is 0. The van der Waals surface area contributed by atoms with E-state index in [1.54, 1.807) is 14.2 Å². The van der Waals surface area contributed by atoms with Gasteiger partial charge < -0.3 is 19.6 Å². The van der Waals surface area contributed by atoms with Crippen LogP contribution in [0.4, 0.5) is 0 Å². The van der Waals surface area contributed by atoms with Crippen molar-refractivity contribution in [3.8, 4) is 22.8 Å². The SMILES string of the molecule is COc1cccc(OC)c1-c1ccc(CN)o1. The predicted molar refractivity (Wildman–Crippen MR) is 65.1 cm³/mol.